The lowest BCUT2D eigenvalue weighted by atomic mass is 10.00. The van der Waals surface area contributed by atoms with Gasteiger partial charge in [-0.3, -0.25) is 9.78 Å². The highest BCUT2D eigenvalue weighted by atomic mass is 32.2. The van der Waals surface area contributed by atoms with Crippen LogP contribution in [0.25, 0.3) is 33.1 Å². The maximum Gasteiger partial charge on any atom is 0.310 e. The van der Waals surface area contributed by atoms with E-state index in [2.05, 4.69) is 9.71 Å². The van der Waals surface area contributed by atoms with Crippen molar-refractivity contribution in [1.82, 2.24) is 9.71 Å². The molecule has 0 aliphatic rings. The van der Waals surface area contributed by atoms with Gasteiger partial charge in [0.15, 0.2) is 0 Å². The predicted molar refractivity (Wildman–Crippen MR) is 155 cm³/mol. The summed E-state index contributed by atoms with van der Waals surface area (Å²) < 4.78 is 38.3. The zero-order chi connectivity index (χ0) is 28.3. The molecule has 1 atom stereocenters. The number of ether oxygens (including phenoxy) is 2. The van der Waals surface area contributed by atoms with Crippen LogP contribution in [0.4, 0.5) is 0 Å². The van der Waals surface area contributed by atoms with Gasteiger partial charge in [0.05, 0.1) is 58.9 Å². The van der Waals surface area contributed by atoms with E-state index in [0.717, 1.165) is 38.7 Å². The lowest BCUT2D eigenvalue weighted by molar-refractivity contribution is -0.142. The number of aromatic nitrogens is 1. The smallest absolute Gasteiger partial charge is 0.310 e. The topological polar surface area (TPSA) is 104 Å². The summed E-state index contributed by atoms with van der Waals surface area (Å²) in [6.07, 6.45) is 5.22. The molecule has 0 bridgehead atoms. The highest BCUT2D eigenvalue weighted by molar-refractivity contribution is 7.84. The Balaban J connectivity index is 1.44. The normalized spacial score (nSPS) is 12.6. The molecule has 0 saturated carbocycles. The van der Waals surface area contributed by atoms with Crippen molar-refractivity contribution >= 4 is 38.9 Å². The lowest BCUT2D eigenvalue weighted by Gasteiger charge is -2.18. The largest absolute Gasteiger partial charge is 0.488 e. The number of esters is 1. The number of fused-ring (bicyclic) bond motifs is 3. The molecule has 208 valence electrons. The summed E-state index contributed by atoms with van der Waals surface area (Å²) in [6, 6.07) is 15.3. The van der Waals surface area contributed by atoms with Crippen molar-refractivity contribution in [2.45, 2.75) is 52.0 Å². The number of hydrogen-bond donors (Lipinski definition) is 1. The Bertz CT molecular complexity index is 1680. The van der Waals surface area contributed by atoms with Crippen LogP contribution in [-0.2, 0) is 40.1 Å². The van der Waals surface area contributed by atoms with Crippen molar-refractivity contribution in [3.05, 3.63) is 84.1 Å². The van der Waals surface area contributed by atoms with E-state index >= 15 is 0 Å². The summed E-state index contributed by atoms with van der Waals surface area (Å²) in [6.45, 7) is 8.52. The fourth-order valence-corrected chi connectivity index (χ4v) is 5.13. The summed E-state index contributed by atoms with van der Waals surface area (Å²) in [5.74, 6) is 0.323. The molecule has 0 radical (unpaired) electrons. The monoisotopic (exact) mass is 560 g/mol. The minimum Gasteiger partial charge on any atom is -0.488 e. The maximum absolute atomic E-state index is 12.5. The molecule has 0 saturated heterocycles. The van der Waals surface area contributed by atoms with E-state index in [4.69, 9.17) is 18.3 Å². The number of para-hydroxylation sites is 1. The van der Waals surface area contributed by atoms with Gasteiger partial charge >= 0.3 is 5.97 Å². The molecule has 1 N–H and O–H groups in total. The number of rotatable bonds is 10. The van der Waals surface area contributed by atoms with Crippen LogP contribution in [-0.4, -0.2) is 26.5 Å². The molecule has 5 rings (SSSR count). The number of carbonyl (C=O) groups excluding carboxylic acids is 1. The van der Waals surface area contributed by atoms with Gasteiger partial charge < -0.3 is 18.3 Å². The number of nitrogens with one attached hydrogen (secondary N) is 1. The lowest BCUT2D eigenvalue weighted by Crippen LogP contribution is -2.33. The van der Waals surface area contributed by atoms with Crippen LogP contribution < -0.4 is 9.46 Å². The second-order valence-corrected chi connectivity index (χ2v) is 12.4. The van der Waals surface area contributed by atoms with Gasteiger partial charge in [-0.25, -0.2) is 8.93 Å². The molecular formula is C31H32N2O6S. The Kier molecular flexibility index (Phi) is 8.04. The molecule has 0 unspecified atom stereocenters. The first kappa shape index (κ1) is 27.6. The van der Waals surface area contributed by atoms with Crippen LogP contribution in [0.5, 0.6) is 5.75 Å². The van der Waals surface area contributed by atoms with Crippen molar-refractivity contribution in [2.75, 3.05) is 6.61 Å². The Labute approximate surface area is 235 Å². The fraction of sp³-hybridized carbons (Fsp3) is 0.290. The number of nitrogens with zero attached hydrogens (tertiary/aromatic N) is 1. The standard InChI is InChI=1S/C31H32N2O6S/c1-5-36-28(34)15-21-8-6-7-9-27(21)38-18-22-19-39-30-24-11-13-37-29(24)25(16-26(22)30)20-10-12-32-23(14-20)17-33-40(35)31(2,3)4/h6-14,16,19,33H,5,15,17-18H2,1-4H3/t40-/m0/s1. The number of furan rings is 2. The van der Waals surface area contributed by atoms with Crippen LogP contribution in [0.2, 0.25) is 0 Å². The van der Waals surface area contributed by atoms with Crippen molar-refractivity contribution in [1.29, 1.82) is 0 Å². The molecule has 40 heavy (non-hydrogen) atoms. The van der Waals surface area contributed by atoms with Gasteiger partial charge in [0.1, 0.15) is 23.5 Å². The van der Waals surface area contributed by atoms with Gasteiger partial charge in [-0.2, -0.15) is 0 Å². The van der Waals surface area contributed by atoms with Crippen molar-refractivity contribution in [2.24, 2.45) is 0 Å². The highest BCUT2D eigenvalue weighted by Crippen LogP contribution is 2.38. The average Bonchev–Trinajstić information content (AvgIpc) is 3.58. The number of benzene rings is 2. The SMILES string of the molecule is CCOC(=O)Cc1ccccc1OCc1coc2c1cc(-c1ccnc(CN[S@@](=O)C(C)(C)C)c1)c1occc12. The molecule has 0 fully saturated rings. The number of pyridine rings is 1. The van der Waals surface area contributed by atoms with E-state index in [1.54, 1.807) is 25.6 Å². The van der Waals surface area contributed by atoms with Crippen LogP contribution in [0.15, 0.2) is 76.1 Å². The highest BCUT2D eigenvalue weighted by Gasteiger charge is 2.20. The third kappa shape index (κ3) is 5.95. The molecular weight excluding hydrogens is 528 g/mol. The van der Waals surface area contributed by atoms with Gasteiger partial charge in [-0.05, 0) is 63.6 Å². The first-order valence-electron chi connectivity index (χ1n) is 13.1. The number of hydrogen-bond acceptors (Lipinski definition) is 7. The maximum atomic E-state index is 12.5. The first-order valence-corrected chi connectivity index (χ1v) is 14.3. The molecule has 0 spiro atoms. The second kappa shape index (κ2) is 11.7. The van der Waals surface area contributed by atoms with Crippen molar-refractivity contribution in [3.63, 3.8) is 0 Å². The minimum absolute atomic E-state index is 0.137. The molecule has 5 aromatic rings. The Morgan fingerprint density at radius 3 is 2.65 bits per heavy atom. The zero-order valence-corrected chi connectivity index (χ0v) is 23.8. The summed E-state index contributed by atoms with van der Waals surface area (Å²) in [5.41, 5.74) is 5.61. The molecule has 3 heterocycles. The molecule has 9 heteroatoms. The van der Waals surface area contributed by atoms with E-state index < -0.39 is 11.0 Å². The van der Waals surface area contributed by atoms with Crippen molar-refractivity contribution < 1.29 is 27.3 Å². The molecule has 0 aliphatic heterocycles. The van der Waals surface area contributed by atoms with E-state index in [1.807, 2.05) is 69.3 Å². The van der Waals surface area contributed by atoms with Gasteiger partial charge in [-0.1, -0.05) is 18.2 Å². The van der Waals surface area contributed by atoms with E-state index in [1.165, 1.54) is 0 Å². The van der Waals surface area contributed by atoms with E-state index in [0.29, 0.717) is 30.1 Å². The summed E-state index contributed by atoms with van der Waals surface area (Å²) in [7, 11) is -1.21. The van der Waals surface area contributed by atoms with Crippen LogP contribution >= 0.6 is 0 Å². The van der Waals surface area contributed by atoms with Gasteiger partial charge in [-0.15, -0.1) is 0 Å². The second-order valence-electron chi connectivity index (χ2n) is 10.3. The van der Waals surface area contributed by atoms with Crippen LogP contribution in [0, 0.1) is 0 Å². The van der Waals surface area contributed by atoms with Crippen molar-refractivity contribution in [3.8, 4) is 16.9 Å². The third-order valence-corrected chi connectivity index (χ3v) is 7.94. The van der Waals surface area contributed by atoms with E-state index in [9.17, 15) is 9.00 Å². The van der Waals surface area contributed by atoms with Gasteiger partial charge in [0.25, 0.3) is 0 Å². The Morgan fingerprint density at radius 2 is 1.85 bits per heavy atom. The number of carbonyl (C=O) groups is 1. The fourth-order valence-electron chi connectivity index (χ4n) is 4.41. The van der Waals surface area contributed by atoms with Gasteiger partial charge in [0.2, 0.25) is 0 Å². The predicted octanol–water partition coefficient (Wildman–Crippen LogP) is 6.48. The molecule has 2 aromatic carbocycles. The average molecular weight is 561 g/mol. The third-order valence-electron chi connectivity index (χ3n) is 6.42. The molecule has 3 aromatic heterocycles. The van der Waals surface area contributed by atoms with Crippen LogP contribution in [0.1, 0.15) is 44.5 Å². The van der Waals surface area contributed by atoms with Gasteiger partial charge in [0, 0.05) is 28.3 Å². The molecule has 8 nitrogen and oxygen atoms in total. The Hall–Kier alpha value is -3.95. The first-order chi connectivity index (χ1) is 19.2. The summed E-state index contributed by atoms with van der Waals surface area (Å²) in [5, 5.41) is 1.75. The minimum atomic E-state index is -1.21. The summed E-state index contributed by atoms with van der Waals surface area (Å²) >= 11 is 0. The molecule has 0 amide bonds. The summed E-state index contributed by atoms with van der Waals surface area (Å²) in [4.78, 5) is 16.5. The van der Waals surface area contributed by atoms with Crippen LogP contribution in [0.3, 0.4) is 0 Å². The van der Waals surface area contributed by atoms with E-state index in [-0.39, 0.29) is 23.7 Å². The zero-order valence-electron chi connectivity index (χ0n) is 23.0. The quantitative estimate of drug-likeness (QED) is 0.195. The molecule has 0 aliphatic carbocycles. The Morgan fingerprint density at radius 1 is 1.02 bits per heavy atom.